The first-order valence-electron chi connectivity index (χ1n) is 6.09. The number of amides is 1. The van der Waals surface area contributed by atoms with Crippen molar-refractivity contribution in [3.63, 3.8) is 0 Å². The number of aromatic amines is 1. The van der Waals surface area contributed by atoms with Crippen LogP contribution in [0.3, 0.4) is 0 Å². The molecule has 0 saturated heterocycles. The van der Waals surface area contributed by atoms with Crippen molar-refractivity contribution >= 4 is 28.6 Å². The minimum atomic E-state index is -0.479. The van der Waals surface area contributed by atoms with Crippen LogP contribution >= 0.6 is 0 Å². The molecule has 0 aliphatic carbocycles. The maximum absolute atomic E-state index is 11.8. The van der Waals surface area contributed by atoms with Gasteiger partial charge in [-0.3, -0.25) is 4.79 Å². The van der Waals surface area contributed by atoms with Gasteiger partial charge in [-0.25, -0.2) is 20.6 Å². The highest BCUT2D eigenvalue weighted by Gasteiger charge is 2.17. The zero-order chi connectivity index (χ0) is 14.9. The van der Waals surface area contributed by atoms with E-state index in [9.17, 15) is 9.59 Å². The van der Waals surface area contributed by atoms with Gasteiger partial charge in [0.2, 0.25) is 5.91 Å². The van der Waals surface area contributed by atoms with Crippen LogP contribution in [-0.2, 0) is 9.53 Å². The highest BCUT2D eigenvalue weighted by atomic mass is 16.5. The second-order valence-corrected chi connectivity index (χ2v) is 4.67. The quantitative estimate of drug-likeness (QED) is 0.380. The molecule has 7 nitrogen and oxygen atoms in total. The number of nitrogens with two attached hydrogens (primary N) is 1. The number of pyridine rings is 1. The molecule has 106 valence electrons. The summed E-state index contributed by atoms with van der Waals surface area (Å²) in [6.07, 6.45) is 1.47. The van der Waals surface area contributed by atoms with Gasteiger partial charge in [-0.2, -0.15) is 0 Å². The number of anilines is 1. The Labute approximate surface area is 115 Å². The van der Waals surface area contributed by atoms with Crippen LogP contribution in [0.15, 0.2) is 18.3 Å². The van der Waals surface area contributed by atoms with Crippen molar-refractivity contribution in [3.05, 3.63) is 24.0 Å². The first-order valence-corrected chi connectivity index (χ1v) is 6.09. The number of rotatable bonds is 3. The summed E-state index contributed by atoms with van der Waals surface area (Å²) in [7, 11) is 1.30. The number of nitrogens with one attached hydrogen (secondary N) is 1. The third kappa shape index (κ3) is 2.48. The normalized spacial score (nSPS) is 10.8. The van der Waals surface area contributed by atoms with Crippen LogP contribution in [0.4, 0.5) is 5.69 Å². The molecule has 0 unspecified atom stereocenters. The van der Waals surface area contributed by atoms with E-state index in [2.05, 4.69) is 14.7 Å². The van der Waals surface area contributed by atoms with Crippen LogP contribution < -0.4 is 10.9 Å². The van der Waals surface area contributed by atoms with Gasteiger partial charge in [-0.1, -0.05) is 13.8 Å². The van der Waals surface area contributed by atoms with Crippen LogP contribution in [0.5, 0.6) is 0 Å². The molecule has 3 N–H and O–H groups in total. The van der Waals surface area contributed by atoms with Gasteiger partial charge in [-0.15, -0.1) is 0 Å². The van der Waals surface area contributed by atoms with E-state index in [4.69, 9.17) is 5.84 Å². The smallest absolute Gasteiger partial charge is 0.354 e. The van der Waals surface area contributed by atoms with E-state index < -0.39 is 5.97 Å². The summed E-state index contributed by atoms with van der Waals surface area (Å²) >= 11 is 0. The zero-order valence-electron chi connectivity index (χ0n) is 11.5. The number of hydrogen-bond acceptors (Lipinski definition) is 5. The van der Waals surface area contributed by atoms with Gasteiger partial charge in [0.25, 0.3) is 0 Å². The van der Waals surface area contributed by atoms with Crippen molar-refractivity contribution < 1.29 is 14.3 Å². The summed E-state index contributed by atoms with van der Waals surface area (Å²) in [4.78, 5) is 30.2. The Kier molecular flexibility index (Phi) is 3.71. The van der Waals surface area contributed by atoms with Gasteiger partial charge < -0.3 is 9.72 Å². The van der Waals surface area contributed by atoms with Gasteiger partial charge in [0, 0.05) is 11.3 Å². The molecule has 0 aromatic carbocycles. The molecule has 0 aliphatic rings. The van der Waals surface area contributed by atoms with Gasteiger partial charge in [-0.05, 0) is 12.1 Å². The Balaban J connectivity index is 2.38. The standard InChI is InChI=1S/C13H16N4O3/c1-7(2)12(18)17(14)9-4-8-5-10(13(19)20-3)16-11(8)15-6-9/h4-7H,14H2,1-3H3,(H,15,16). The third-order valence-corrected chi connectivity index (χ3v) is 2.87. The fourth-order valence-electron chi connectivity index (χ4n) is 1.76. The summed E-state index contributed by atoms with van der Waals surface area (Å²) < 4.78 is 4.63. The number of H-pyrrole nitrogens is 1. The molecule has 2 heterocycles. The molecule has 7 heteroatoms. The number of ether oxygens (including phenoxy) is 1. The second-order valence-electron chi connectivity index (χ2n) is 4.67. The lowest BCUT2D eigenvalue weighted by Gasteiger charge is -2.18. The monoisotopic (exact) mass is 276 g/mol. The van der Waals surface area contributed by atoms with E-state index >= 15 is 0 Å². The molecule has 0 fully saturated rings. The maximum Gasteiger partial charge on any atom is 0.354 e. The first kappa shape index (κ1) is 14.0. The largest absolute Gasteiger partial charge is 0.464 e. The van der Waals surface area contributed by atoms with E-state index in [0.717, 1.165) is 5.01 Å². The van der Waals surface area contributed by atoms with Crippen molar-refractivity contribution in [2.24, 2.45) is 11.8 Å². The van der Waals surface area contributed by atoms with Crippen LogP contribution in [0.25, 0.3) is 11.0 Å². The maximum atomic E-state index is 11.8. The molecule has 0 atom stereocenters. The van der Waals surface area contributed by atoms with Crippen LogP contribution in [0, 0.1) is 5.92 Å². The predicted molar refractivity (Wildman–Crippen MR) is 73.9 cm³/mol. The Hall–Kier alpha value is -2.41. The molecule has 1 amide bonds. The number of fused-ring (bicyclic) bond motifs is 1. The van der Waals surface area contributed by atoms with Crippen molar-refractivity contribution in [1.29, 1.82) is 0 Å². The molecule has 0 bridgehead atoms. The van der Waals surface area contributed by atoms with Crippen molar-refractivity contribution in [3.8, 4) is 0 Å². The number of methoxy groups -OCH3 is 1. The molecule has 0 spiro atoms. The zero-order valence-corrected chi connectivity index (χ0v) is 11.5. The summed E-state index contributed by atoms with van der Waals surface area (Å²) in [6.45, 7) is 3.53. The van der Waals surface area contributed by atoms with Crippen molar-refractivity contribution in [1.82, 2.24) is 9.97 Å². The van der Waals surface area contributed by atoms with Crippen LogP contribution in [-0.4, -0.2) is 29.0 Å². The lowest BCUT2D eigenvalue weighted by atomic mass is 10.2. The van der Waals surface area contributed by atoms with Crippen molar-refractivity contribution in [2.75, 3.05) is 12.1 Å². The van der Waals surface area contributed by atoms with Crippen LogP contribution in [0.2, 0.25) is 0 Å². The second kappa shape index (κ2) is 5.30. The summed E-state index contributed by atoms with van der Waals surface area (Å²) in [5.74, 6) is 4.86. The molecule has 2 aromatic rings. The fourth-order valence-corrected chi connectivity index (χ4v) is 1.76. The fraction of sp³-hybridized carbons (Fsp3) is 0.308. The number of aromatic nitrogens is 2. The first-order chi connectivity index (χ1) is 9.43. The molecular formula is C13H16N4O3. The van der Waals surface area contributed by atoms with Gasteiger partial charge >= 0.3 is 5.97 Å². The van der Waals surface area contributed by atoms with Gasteiger partial charge in [0.15, 0.2) is 0 Å². The number of hydrogen-bond donors (Lipinski definition) is 2. The van der Waals surface area contributed by atoms with E-state index in [1.807, 2.05) is 0 Å². The molecule has 0 radical (unpaired) electrons. The lowest BCUT2D eigenvalue weighted by Crippen LogP contribution is -2.40. The molecular weight excluding hydrogens is 260 g/mol. The number of nitrogens with zero attached hydrogens (tertiary/aromatic N) is 2. The number of hydrazine groups is 1. The third-order valence-electron chi connectivity index (χ3n) is 2.87. The van der Waals surface area contributed by atoms with E-state index in [1.165, 1.54) is 13.3 Å². The van der Waals surface area contributed by atoms with E-state index in [0.29, 0.717) is 22.4 Å². The summed E-state index contributed by atoms with van der Waals surface area (Å²) in [5, 5.41) is 1.73. The number of carbonyl (C=O) groups excluding carboxylic acids is 2. The average molecular weight is 276 g/mol. The SMILES string of the molecule is COC(=O)c1cc2cc(N(N)C(=O)C(C)C)cnc2[nH]1. The minimum Gasteiger partial charge on any atom is -0.464 e. The van der Waals surface area contributed by atoms with Crippen LogP contribution in [0.1, 0.15) is 24.3 Å². The number of esters is 1. The summed E-state index contributed by atoms with van der Waals surface area (Å²) in [5.41, 5.74) is 1.29. The number of carbonyl (C=O) groups is 2. The molecule has 20 heavy (non-hydrogen) atoms. The Morgan fingerprint density at radius 3 is 2.70 bits per heavy atom. The molecule has 2 aromatic heterocycles. The van der Waals surface area contributed by atoms with E-state index in [1.54, 1.807) is 26.0 Å². The van der Waals surface area contributed by atoms with Gasteiger partial charge in [0.1, 0.15) is 11.3 Å². The minimum absolute atomic E-state index is 0.213. The topological polar surface area (TPSA) is 101 Å². The summed E-state index contributed by atoms with van der Waals surface area (Å²) in [6, 6.07) is 3.29. The molecule has 2 rings (SSSR count). The Morgan fingerprint density at radius 1 is 1.40 bits per heavy atom. The highest BCUT2D eigenvalue weighted by Crippen LogP contribution is 2.20. The van der Waals surface area contributed by atoms with Crippen molar-refractivity contribution in [2.45, 2.75) is 13.8 Å². The Bertz CT molecular complexity index is 663. The molecule has 0 saturated carbocycles. The molecule has 0 aliphatic heterocycles. The van der Waals surface area contributed by atoms with E-state index in [-0.39, 0.29) is 11.8 Å². The lowest BCUT2D eigenvalue weighted by molar-refractivity contribution is -0.121. The van der Waals surface area contributed by atoms with Gasteiger partial charge in [0.05, 0.1) is 19.0 Å². The Morgan fingerprint density at radius 2 is 2.10 bits per heavy atom. The highest BCUT2D eigenvalue weighted by molar-refractivity contribution is 5.97. The predicted octanol–water partition coefficient (Wildman–Crippen LogP) is 1.21. The average Bonchev–Trinajstić information content (AvgIpc) is 2.87.